The van der Waals surface area contributed by atoms with E-state index < -0.39 is 0 Å². The summed E-state index contributed by atoms with van der Waals surface area (Å²) in [6, 6.07) is 7.97. The maximum atomic E-state index is 11.7. The Balaban J connectivity index is 2.05. The van der Waals surface area contributed by atoms with Gasteiger partial charge < -0.3 is 14.8 Å². The summed E-state index contributed by atoms with van der Waals surface area (Å²) >= 11 is 0. The third kappa shape index (κ3) is 8.64. The van der Waals surface area contributed by atoms with Crippen molar-refractivity contribution in [2.45, 2.75) is 19.8 Å². The van der Waals surface area contributed by atoms with Gasteiger partial charge in [0.05, 0.1) is 13.2 Å². The second kappa shape index (κ2) is 11.0. The number of carbonyl (C=O) groups excluding carboxylic acids is 1. The molecule has 0 saturated heterocycles. The van der Waals surface area contributed by atoms with E-state index in [2.05, 4.69) is 5.32 Å². The lowest BCUT2D eigenvalue weighted by Gasteiger charge is -2.15. The van der Waals surface area contributed by atoms with Crippen LogP contribution < -0.4 is 10.1 Å². The van der Waals surface area contributed by atoms with Gasteiger partial charge in [-0.2, -0.15) is 0 Å². The number of carbonyl (C=O) groups is 1. The van der Waals surface area contributed by atoms with E-state index in [1.165, 1.54) is 5.56 Å². The van der Waals surface area contributed by atoms with Crippen LogP contribution in [0.25, 0.3) is 0 Å². The fourth-order valence-electron chi connectivity index (χ4n) is 2.05. The second-order valence-electron chi connectivity index (χ2n) is 5.45. The average molecular weight is 308 g/mol. The molecule has 5 nitrogen and oxygen atoms in total. The van der Waals surface area contributed by atoms with Crippen LogP contribution in [0.1, 0.15) is 18.4 Å². The van der Waals surface area contributed by atoms with E-state index in [0.717, 1.165) is 31.7 Å². The van der Waals surface area contributed by atoms with Crippen molar-refractivity contribution in [1.29, 1.82) is 0 Å². The summed E-state index contributed by atoms with van der Waals surface area (Å²) in [6.07, 6.45) is 1.73. The minimum Gasteiger partial charge on any atom is -0.494 e. The maximum absolute atomic E-state index is 11.7. The van der Waals surface area contributed by atoms with Gasteiger partial charge in [-0.05, 0) is 44.5 Å². The Morgan fingerprint density at radius 1 is 1.27 bits per heavy atom. The number of amides is 1. The molecule has 0 bridgehead atoms. The Morgan fingerprint density at radius 3 is 2.82 bits per heavy atom. The van der Waals surface area contributed by atoms with E-state index >= 15 is 0 Å². The zero-order chi connectivity index (χ0) is 16.2. The molecule has 0 aliphatic rings. The summed E-state index contributed by atoms with van der Waals surface area (Å²) in [5.74, 6) is 0.930. The van der Waals surface area contributed by atoms with Crippen LogP contribution >= 0.6 is 0 Å². The second-order valence-corrected chi connectivity index (χ2v) is 5.45. The number of nitrogens with one attached hydrogen (secondary N) is 1. The molecule has 0 aliphatic carbocycles. The van der Waals surface area contributed by atoms with Crippen molar-refractivity contribution in [3.8, 4) is 5.75 Å². The Hall–Kier alpha value is -1.59. The molecular weight excluding hydrogens is 280 g/mol. The lowest BCUT2D eigenvalue weighted by molar-refractivity contribution is -0.122. The standard InChI is InChI=1S/C17H28N2O3/c1-15-7-4-8-16(13-15)22-12-5-9-18-17(20)14-19(2)10-6-11-21-3/h4,7-8,13H,5-6,9-12,14H2,1-3H3,(H,18,20). The first-order chi connectivity index (χ1) is 10.6. The van der Waals surface area contributed by atoms with Gasteiger partial charge >= 0.3 is 0 Å². The van der Waals surface area contributed by atoms with Gasteiger partial charge in [0.2, 0.25) is 5.91 Å². The molecule has 0 aliphatic heterocycles. The third-order valence-electron chi connectivity index (χ3n) is 3.20. The first-order valence-corrected chi connectivity index (χ1v) is 7.75. The first-order valence-electron chi connectivity index (χ1n) is 7.75. The van der Waals surface area contributed by atoms with Gasteiger partial charge in [-0.15, -0.1) is 0 Å². The van der Waals surface area contributed by atoms with E-state index in [1.807, 2.05) is 43.1 Å². The molecule has 0 unspecified atom stereocenters. The third-order valence-corrected chi connectivity index (χ3v) is 3.20. The molecule has 0 aromatic heterocycles. The molecule has 0 spiro atoms. The Labute approximate surface area is 133 Å². The van der Waals surface area contributed by atoms with Crippen molar-refractivity contribution in [3.05, 3.63) is 29.8 Å². The Bertz CT molecular complexity index is 438. The van der Waals surface area contributed by atoms with Crippen LogP contribution in [0.5, 0.6) is 5.75 Å². The molecule has 1 amide bonds. The summed E-state index contributed by atoms with van der Waals surface area (Å²) in [4.78, 5) is 13.7. The number of nitrogens with zero attached hydrogens (tertiary/aromatic N) is 1. The number of hydrogen-bond acceptors (Lipinski definition) is 4. The lowest BCUT2D eigenvalue weighted by atomic mass is 10.2. The van der Waals surface area contributed by atoms with Crippen LogP contribution in [0.3, 0.4) is 0 Å². The van der Waals surface area contributed by atoms with Crippen molar-refractivity contribution in [2.24, 2.45) is 0 Å². The van der Waals surface area contributed by atoms with Crippen molar-refractivity contribution in [3.63, 3.8) is 0 Å². The smallest absolute Gasteiger partial charge is 0.234 e. The van der Waals surface area contributed by atoms with E-state index in [4.69, 9.17) is 9.47 Å². The highest BCUT2D eigenvalue weighted by Gasteiger charge is 2.05. The number of rotatable bonds is 11. The minimum atomic E-state index is 0.0514. The molecule has 0 heterocycles. The van der Waals surface area contributed by atoms with Gasteiger partial charge in [0, 0.05) is 26.8 Å². The molecule has 1 N–H and O–H groups in total. The fourth-order valence-corrected chi connectivity index (χ4v) is 2.05. The maximum Gasteiger partial charge on any atom is 0.234 e. The van der Waals surface area contributed by atoms with E-state index in [9.17, 15) is 4.79 Å². The summed E-state index contributed by atoms with van der Waals surface area (Å²) in [6.45, 7) is 5.28. The van der Waals surface area contributed by atoms with Gasteiger partial charge in [-0.1, -0.05) is 12.1 Å². The van der Waals surface area contributed by atoms with Gasteiger partial charge in [0.25, 0.3) is 0 Å². The molecule has 1 rings (SSSR count). The Morgan fingerprint density at radius 2 is 2.09 bits per heavy atom. The minimum absolute atomic E-state index is 0.0514. The highest BCUT2D eigenvalue weighted by atomic mass is 16.5. The monoisotopic (exact) mass is 308 g/mol. The van der Waals surface area contributed by atoms with Gasteiger partial charge in [-0.25, -0.2) is 0 Å². The predicted octanol–water partition coefficient (Wildman–Crippen LogP) is 1.85. The van der Waals surface area contributed by atoms with Gasteiger partial charge in [-0.3, -0.25) is 9.69 Å². The van der Waals surface area contributed by atoms with E-state index in [0.29, 0.717) is 19.7 Å². The average Bonchev–Trinajstić information content (AvgIpc) is 2.47. The van der Waals surface area contributed by atoms with Crippen LogP contribution in [0.4, 0.5) is 0 Å². The van der Waals surface area contributed by atoms with Crippen LogP contribution in [0.15, 0.2) is 24.3 Å². The van der Waals surface area contributed by atoms with Crippen LogP contribution in [-0.4, -0.2) is 57.8 Å². The molecule has 0 fully saturated rings. The largest absolute Gasteiger partial charge is 0.494 e. The van der Waals surface area contributed by atoms with Crippen molar-refractivity contribution < 1.29 is 14.3 Å². The normalized spacial score (nSPS) is 10.7. The molecule has 0 saturated carbocycles. The van der Waals surface area contributed by atoms with Gasteiger partial charge in [0.1, 0.15) is 5.75 Å². The van der Waals surface area contributed by atoms with Gasteiger partial charge in [0.15, 0.2) is 0 Å². The summed E-state index contributed by atoms with van der Waals surface area (Å²) in [5, 5.41) is 2.91. The van der Waals surface area contributed by atoms with E-state index in [1.54, 1.807) is 7.11 Å². The van der Waals surface area contributed by atoms with Crippen molar-refractivity contribution in [2.75, 3.05) is 47.0 Å². The zero-order valence-corrected chi connectivity index (χ0v) is 13.9. The quantitative estimate of drug-likeness (QED) is 0.634. The van der Waals surface area contributed by atoms with Crippen LogP contribution in [0.2, 0.25) is 0 Å². The summed E-state index contributed by atoms with van der Waals surface area (Å²) < 4.78 is 10.6. The number of aryl methyl sites for hydroxylation is 1. The summed E-state index contributed by atoms with van der Waals surface area (Å²) in [7, 11) is 3.63. The van der Waals surface area contributed by atoms with Crippen LogP contribution in [-0.2, 0) is 9.53 Å². The highest BCUT2D eigenvalue weighted by Crippen LogP contribution is 2.12. The molecule has 1 aromatic carbocycles. The number of methoxy groups -OCH3 is 1. The van der Waals surface area contributed by atoms with E-state index in [-0.39, 0.29) is 5.91 Å². The number of benzene rings is 1. The number of ether oxygens (including phenoxy) is 2. The molecule has 22 heavy (non-hydrogen) atoms. The topological polar surface area (TPSA) is 50.8 Å². The molecule has 5 heteroatoms. The predicted molar refractivity (Wildman–Crippen MR) is 88.3 cm³/mol. The summed E-state index contributed by atoms with van der Waals surface area (Å²) in [5.41, 5.74) is 1.18. The van der Waals surface area contributed by atoms with Crippen molar-refractivity contribution in [1.82, 2.24) is 10.2 Å². The first kappa shape index (κ1) is 18.5. The Kier molecular flexibility index (Phi) is 9.26. The fraction of sp³-hybridized carbons (Fsp3) is 0.588. The lowest BCUT2D eigenvalue weighted by Crippen LogP contribution is -2.36. The molecular formula is C17H28N2O3. The van der Waals surface area contributed by atoms with Crippen LogP contribution in [0, 0.1) is 6.92 Å². The molecule has 0 atom stereocenters. The number of likely N-dealkylation sites (N-methyl/N-ethyl adjacent to an activating group) is 1. The van der Waals surface area contributed by atoms with Crippen molar-refractivity contribution >= 4 is 5.91 Å². The molecule has 0 radical (unpaired) electrons. The SMILES string of the molecule is COCCCN(C)CC(=O)NCCCOc1cccc(C)c1. The molecule has 1 aromatic rings. The number of hydrogen-bond donors (Lipinski definition) is 1. The highest BCUT2D eigenvalue weighted by molar-refractivity contribution is 5.77. The zero-order valence-electron chi connectivity index (χ0n) is 13.9. The molecule has 124 valence electrons.